The second-order valence-electron chi connectivity index (χ2n) is 8.55. The highest BCUT2D eigenvalue weighted by Gasteiger charge is 2.22. The van der Waals surface area contributed by atoms with Crippen LogP contribution in [0.1, 0.15) is 33.0 Å². The smallest absolute Gasteiger partial charge is 0.345 e. The molecule has 0 heterocycles. The van der Waals surface area contributed by atoms with Crippen molar-refractivity contribution in [3.05, 3.63) is 130 Å². The maximum Gasteiger partial charge on any atom is 0.345 e. The lowest BCUT2D eigenvalue weighted by molar-refractivity contribution is -0.126. The number of carbonyl (C=O) groups excluding carboxylic acids is 3. The monoisotopic (exact) mass is 555 g/mol. The van der Waals surface area contributed by atoms with E-state index in [1.165, 1.54) is 13.3 Å². The molecule has 0 atom stereocenters. The fourth-order valence-electron chi connectivity index (χ4n) is 3.90. The molecular weight excluding hydrogens is 530 g/mol. The van der Waals surface area contributed by atoms with Crippen LogP contribution in [-0.2, 0) is 9.59 Å². The number of hydrogen-bond donors (Lipinski definition) is 2. The van der Waals surface area contributed by atoms with Crippen LogP contribution < -0.4 is 20.2 Å². The number of benzene rings is 4. The van der Waals surface area contributed by atoms with Gasteiger partial charge in [0, 0.05) is 0 Å². The van der Waals surface area contributed by atoms with E-state index in [9.17, 15) is 14.4 Å². The molecule has 0 spiro atoms. The highest BCUT2D eigenvalue weighted by molar-refractivity contribution is 6.33. The lowest BCUT2D eigenvalue weighted by Gasteiger charge is -2.17. The molecule has 4 aromatic rings. The topological polar surface area (TPSA) is 106 Å². The first-order chi connectivity index (χ1) is 19.5. The van der Waals surface area contributed by atoms with Crippen LogP contribution in [0.25, 0.3) is 0 Å². The summed E-state index contributed by atoms with van der Waals surface area (Å²) in [5.74, 6) is -1.50. The number of amides is 2. The van der Waals surface area contributed by atoms with Crippen LogP contribution in [0.5, 0.6) is 11.5 Å². The van der Waals surface area contributed by atoms with E-state index in [-0.39, 0.29) is 34.5 Å². The zero-order valence-electron chi connectivity index (χ0n) is 21.5. The van der Waals surface area contributed by atoms with E-state index >= 15 is 0 Å². The van der Waals surface area contributed by atoms with Crippen molar-refractivity contribution in [1.29, 1.82) is 0 Å². The van der Waals surface area contributed by atoms with Gasteiger partial charge in [-0.3, -0.25) is 9.59 Å². The number of ether oxygens (including phenoxy) is 2. The summed E-state index contributed by atoms with van der Waals surface area (Å²) in [4.78, 5) is 37.9. The molecule has 0 saturated carbocycles. The van der Waals surface area contributed by atoms with Gasteiger partial charge in [-0.15, -0.1) is 0 Å². The largest absolute Gasteiger partial charge is 0.493 e. The molecular formula is C31H26ClN3O5. The summed E-state index contributed by atoms with van der Waals surface area (Å²) in [5, 5.41) is 6.91. The van der Waals surface area contributed by atoms with Gasteiger partial charge in [0.15, 0.2) is 11.5 Å². The fraction of sp³-hybridized carbons (Fsp3) is 0.0968. The summed E-state index contributed by atoms with van der Waals surface area (Å²) in [6.07, 6.45) is 1.40. The minimum absolute atomic E-state index is 0.197. The van der Waals surface area contributed by atoms with Gasteiger partial charge in [-0.25, -0.2) is 10.2 Å². The Morgan fingerprint density at radius 2 is 1.48 bits per heavy atom. The predicted octanol–water partition coefficient (Wildman–Crippen LogP) is 4.97. The molecule has 9 heteroatoms. The third kappa shape index (κ3) is 7.33. The van der Waals surface area contributed by atoms with Gasteiger partial charge >= 0.3 is 5.97 Å². The van der Waals surface area contributed by atoms with Gasteiger partial charge in [0.1, 0.15) is 0 Å². The second-order valence-corrected chi connectivity index (χ2v) is 8.95. The maximum absolute atomic E-state index is 13.0. The molecule has 202 valence electrons. The van der Waals surface area contributed by atoms with Crippen molar-refractivity contribution in [3.63, 3.8) is 0 Å². The summed E-state index contributed by atoms with van der Waals surface area (Å²) in [5.41, 5.74) is 4.83. The number of carbonyl (C=O) groups is 3. The van der Waals surface area contributed by atoms with Gasteiger partial charge in [0.2, 0.25) is 5.91 Å². The molecule has 0 aliphatic rings. The van der Waals surface area contributed by atoms with E-state index in [1.807, 2.05) is 60.7 Å². The zero-order valence-corrected chi connectivity index (χ0v) is 22.3. The zero-order chi connectivity index (χ0) is 28.3. The summed E-state index contributed by atoms with van der Waals surface area (Å²) in [6, 6.07) is 30.1. The Morgan fingerprint density at radius 1 is 0.850 bits per heavy atom. The van der Waals surface area contributed by atoms with Crippen LogP contribution in [0.3, 0.4) is 0 Å². The number of rotatable bonds is 10. The standard InChI is InChI=1S/C31H26ClN3O5/c1-39-27-18-21(16-17-26(27)40-31(38)24-14-8-9-15-25(24)32)19-34-35-28(36)20-33-30(37)29(22-10-4-2-5-11-22)23-12-6-3-7-13-23/h2-19,29H,20H2,1H3,(H,33,37)(H,35,36). The van der Waals surface area contributed by atoms with Crippen molar-refractivity contribution < 1.29 is 23.9 Å². The molecule has 0 aliphatic carbocycles. The summed E-state index contributed by atoms with van der Waals surface area (Å²) in [6.45, 7) is -0.257. The number of methoxy groups -OCH3 is 1. The van der Waals surface area contributed by atoms with Crippen molar-refractivity contribution in [2.75, 3.05) is 13.7 Å². The Bertz CT molecular complexity index is 1470. The van der Waals surface area contributed by atoms with Crippen molar-refractivity contribution in [1.82, 2.24) is 10.7 Å². The van der Waals surface area contributed by atoms with Gasteiger partial charge in [-0.2, -0.15) is 5.10 Å². The van der Waals surface area contributed by atoms with Crippen LogP contribution >= 0.6 is 11.6 Å². The third-order valence-corrected chi connectivity index (χ3v) is 6.17. The van der Waals surface area contributed by atoms with Crippen LogP contribution in [0.15, 0.2) is 108 Å². The van der Waals surface area contributed by atoms with Gasteiger partial charge < -0.3 is 14.8 Å². The first-order valence-electron chi connectivity index (χ1n) is 12.3. The molecule has 0 bridgehead atoms. The average molecular weight is 556 g/mol. The SMILES string of the molecule is COc1cc(C=NNC(=O)CNC(=O)C(c2ccccc2)c2ccccc2)ccc1OC(=O)c1ccccc1Cl. The molecule has 0 saturated heterocycles. The molecule has 2 N–H and O–H groups in total. The first-order valence-corrected chi connectivity index (χ1v) is 12.7. The van der Waals surface area contributed by atoms with E-state index in [1.54, 1.807) is 42.5 Å². The molecule has 8 nitrogen and oxygen atoms in total. The minimum Gasteiger partial charge on any atom is -0.493 e. The Labute approximate surface area is 236 Å². The Morgan fingerprint density at radius 3 is 2.10 bits per heavy atom. The highest BCUT2D eigenvalue weighted by atomic mass is 35.5. The molecule has 2 amide bonds. The Balaban J connectivity index is 1.34. The molecule has 0 aromatic heterocycles. The first kappa shape index (κ1) is 28.1. The van der Waals surface area contributed by atoms with Crippen molar-refractivity contribution >= 4 is 35.6 Å². The summed E-state index contributed by atoms with van der Waals surface area (Å²) < 4.78 is 10.8. The number of nitrogens with zero attached hydrogens (tertiary/aromatic N) is 1. The number of hydrazone groups is 1. The number of halogens is 1. The quantitative estimate of drug-likeness (QED) is 0.124. The third-order valence-electron chi connectivity index (χ3n) is 5.84. The van der Waals surface area contributed by atoms with Gasteiger partial charge in [-0.1, -0.05) is 84.4 Å². The van der Waals surface area contributed by atoms with E-state index in [4.69, 9.17) is 21.1 Å². The van der Waals surface area contributed by atoms with Crippen molar-refractivity contribution in [2.24, 2.45) is 5.10 Å². The lowest BCUT2D eigenvalue weighted by Crippen LogP contribution is -2.37. The van der Waals surface area contributed by atoms with Gasteiger partial charge in [0.05, 0.1) is 36.4 Å². The van der Waals surface area contributed by atoms with Gasteiger partial charge in [-0.05, 0) is 47.0 Å². The lowest BCUT2D eigenvalue weighted by atomic mass is 9.90. The number of hydrogen-bond acceptors (Lipinski definition) is 6. The van der Waals surface area contributed by atoms with Crippen LogP contribution in [0.4, 0.5) is 0 Å². The highest BCUT2D eigenvalue weighted by Crippen LogP contribution is 2.29. The predicted molar refractivity (Wildman–Crippen MR) is 153 cm³/mol. The van der Waals surface area contributed by atoms with Crippen molar-refractivity contribution in [3.8, 4) is 11.5 Å². The molecule has 4 aromatic carbocycles. The van der Waals surface area contributed by atoms with Crippen LogP contribution in [0, 0.1) is 0 Å². The van der Waals surface area contributed by atoms with Gasteiger partial charge in [0.25, 0.3) is 5.91 Å². The number of esters is 1. The summed E-state index contributed by atoms with van der Waals surface area (Å²) >= 11 is 6.07. The molecule has 0 radical (unpaired) electrons. The second kappa shape index (κ2) is 13.7. The van der Waals surface area contributed by atoms with Crippen LogP contribution in [-0.4, -0.2) is 37.7 Å². The molecule has 0 fully saturated rings. The van der Waals surface area contributed by atoms with E-state index < -0.39 is 17.8 Å². The van der Waals surface area contributed by atoms with E-state index in [2.05, 4.69) is 15.8 Å². The molecule has 0 unspecified atom stereocenters. The fourth-order valence-corrected chi connectivity index (χ4v) is 4.12. The van der Waals surface area contributed by atoms with E-state index in [0.717, 1.165) is 11.1 Å². The minimum atomic E-state index is -0.624. The Kier molecular flexibility index (Phi) is 9.63. The van der Waals surface area contributed by atoms with Crippen molar-refractivity contribution in [2.45, 2.75) is 5.92 Å². The number of nitrogens with one attached hydrogen (secondary N) is 2. The average Bonchev–Trinajstić information content (AvgIpc) is 2.98. The van der Waals surface area contributed by atoms with E-state index in [0.29, 0.717) is 5.56 Å². The molecule has 0 aliphatic heterocycles. The maximum atomic E-state index is 13.0. The molecule has 40 heavy (non-hydrogen) atoms. The van der Waals surface area contributed by atoms with Crippen LogP contribution in [0.2, 0.25) is 5.02 Å². The summed E-state index contributed by atoms with van der Waals surface area (Å²) in [7, 11) is 1.44. The Hall–Kier alpha value is -4.95. The molecule has 4 rings (SSSR count). The normalized spacial score (nSPS) is 10.8.